The van der Waals surface area contributed by atoms with Crippen molar-refractivity contribution >= 4 is 11.6 Å². The number of rotatable bonds is 8. The number of amides is 1. The van der Waals surface area contributed by atoms with E-state index >= 15 is 0 Å². The van der Waals surface area contributed by atoms with E-state index in [1.165, 1.54) is 12.1 Å². The zero-order valence-corrected chi connectivity index (χ0v) is 13.7. The van der Waals surface area contributed by atoms with Crippen molar-refractivity contribution in [2.45, 2.75) is 24.9 Å². The summed E-state index contributed by atoms with van der Waals surface area (Å²) < 4.78 is 18.5. The first-order valence-corrected chi connectivity index (χ1v) is 8.32. The Morgan fingerprint density at radius 3 is 2.44 bits per heavy atom. The third kappa shape index (κ3) is 4.93. The first kappa shape index (κ1) is 17.2. The lowest BCUT2D eigenvalue weighted by atomic mass is 10.1. The van der Waals surface area contributed by atoms with Gasteiger partial charge in [0, 0.05) is 11.7 Å². The van der Waals surface area contributed by atoms with Crippen molar-refractivity contribution in [1.82, 2.24) is 5.32 Å². The summed E-state index contributed by atoms with van der Waals surface area (Å²) in [5.74, 6) is 0.172. The predicted octanol–water partition coefficient (Wildman–Crippen LogP) is 2.63. The second kappa shape index (κ2) is 7.98. The molecule has 132 valence electrons. The number of hydrogen-bond acceptors (Lipinski definition) is 4. The first-order valence-electron chi connectivity index (χ1n) is 8.32. The number of anilines is 1. The fourth-order valence-corrected chi connectivity index (χ4v) is 2.45. The van der Waals surface area contributed by atoms with E-state index in [0.29, 0.717) is 11.3 Å². The van der Waals surface area contributed by atoms with E-state index in [1.807, 2.05) is 0 Å². The van der Waals surface area contributed by atoms with Crippen molar-refractivity contribution in [2.75, 3.05) is 18.5 Å². The molecule has 0 heterocycles. The number of nitrogens with one attached hydrogen (secondary N) is 2. The number of carbonyl (C=O) groups is 1. The summed E-state index contributed by atoms with van der Waals surface area (Å²) in [6, 6.07) is 12.7. The molecule has 0 bridgehead atoms. The van der Waals surface area contributed by atoms with E-state index < -0.39 is 6.04 Å². The van der Waals surface area contributed by atoms with Gasteiger partial charge in [0.05, 0.1) is 6.61 Å². The van der Waals surface area contributed by atoms with Gasteiger partial charge in [-0.15, -0.1) is 0 Å². The summed E-state index contributed by atoms with van der Waals surface area (Å²) in [4.78, 5) is 12.6. The van der Waals surface area contributed by atoms with Crippen molar-refractivity contribution in [3.05, 3.63) is 59.9 Å². The van der Waals surface area contributed by atoms with E-state index in [-0.39, 0.29) is 31.0 Å². The molecule has 2 aromatic rings. The number of halogens is 1. The molecule has 0 radical (unpaired) electrons. The van der Waals surface area contributed by atoms with Crippen LogP contribution in [0.4, 0.5) is 10.1 Å². The Morgan fingerprint density at radius 2 is 1.84 bits per heavy atom. The van der Waals surface area contributed by atoms with Gasteiger partial charge in [-0.1, -0.05) is 12.1 Å². The molecule has 0 aromatic heterocycles. The highest BCUT2D eigenvalue weighted by Crippen LogP contribution is 2.25. The molecule has 1 atom stereocenters. The molecule has 5 nitrogen and oxygen atoms in total. The number of aliphatic hydroxyl groups is 1. The Hall–Kier alpha value is -2.60. The average molecular weight is 344 g/mol. The highest BCUT2D eigenvalue weighted by atomic mass is 19.1. The van der Waals surface area contributed by atoms with Gasteiger partial charge in [0.1, 0.15) is 24.2 Å². The van der Waals surface area contributed by atoms with Gasteiger partial charge in [-0.2, -0.15) is 0 Å². The number of hydrogen-bond donors (Lipinski definition) is 3. The van der Waals surface area contributed by atoms with Crippen molar-refractivity contribution in [3.8, 4) is 5.75 Å². The highest BCUT2D eigenvalue weighted by molar-refractivity contribution is 5.86. The van der Waals surface area contributed by atoms with Gasteiger partial charge in [-0.05, 0) is 54.8 Å². The SMILES string of the molecule is O=C(NC1CC1)C(Nc1ccc(OCCO)cc1)c1ccc(F)cc1. The Labute approximate surface area is 145 Å². The van der Waals surface area contributed by atoms with Gasteiger partial charge in [0.15, 0.2) is 0 Å². The molecule has 0 aliphatic heterocycles. The molecule has 1 fully saturated rings. The second-order valence-corrected chi connectivity index (χ2v) is 6.01. The summed E-state index contributed by atoms with van der Waals surface area (Å²) in [6.07, 6.45) is 2.00. The molecule has 25 heavy (non-hydrogen) atoms. The number of carbonyl (C=O) groups excluding carboxylic acids is 1. The monoisotopic (exact) mass is 344 g/mol. The van der Waals surface area contributed by atoms with E-state index in [2.05, 4.69) is 10.6 Å². The molecule has 1 unspecified atom stereocenters. The van der Waals surface area contributed by atoms with Crippen LogP contribution < -0.4 is 15.4 Å². The van der Waals surface area contributed by atoms with Crippen LogP contribution in [-0.2, 0) is 4.79 Å². The van der Waals surface area contributed by atoms with Crippen LogP contribution in [0.25, 0.3) is 0 Å². The summed E-state index contributed by atoms with van der Waals surface area (Å²) in [7, 11) is 0. The lowest BCUT2D eigenvalue weighted by Gasteiger charge is -2.20. The molecule has 1 amide bonds. The maximum Gasteiger partial charge on any atom is 0.247 e. The predicted molar refractivity (Wildman–Crippen MR) is 93.0 cm³/mol. The first-order chi connectivity index (χ1) is 12.2. The van der Waals surface area contributed by atoms with Crippen LogP contribution in [-0.4, -0.2) is 30.3 Å². The zero-order chi connectivity index (χ0) is 17.6. The molecule has 3 N–H and O–H groups in total. The quantitative estimate of drug-likeness (QED) is 0.688. The lowest BCUT2D eigenvalue weighted by Crippen LogP contribution is -2.34. The smallest absolute Gasteiger partial charge is 0.247 e. The minimum absolute atomic E-state index is 0.0476. The van der Waals surface area contributed by atoms with Crippen LogP contribution in [0.3, 0.4) is 0 Å². The van der Waals surface area contributed by atoms with E-state index in [1.54, 1.807) is 36.4 Å². The molecule has 3 rings (SSSR count). The van der Waals surface area contributed by atoms with E-state index in [4.69, 9.17) is 9.84 Å². The van der Waals surface area contributed by atoms with Gasteiger partial charge in [-0.3, -0.25) is 4.79 Å². The number of ether oxygens (including phenoxy) is 1. The lowest BCUT2D eigenvalue weighted by molar-refractivity contribution is -0.122. The van der Waals surface area contributed by atoms with Crippen LogP contribution in [0.1, 0.15) is 24.4 Å². The van der Waals surface area contributed by atoms with Crippen molar-refractivity contribution in [1.29, 1.82) is 0 Å². The van der Waals surface area contributed by atoms with Crippen molar-refractivity contribution in [2.24, 2.45) is 0 Å². The summed E-state index contributed by atoms with van der Waals surface area (Å²) in [5, 5.41) is 14.9. The maximum absolute atomic E-state index is 13.2. The summed E-state index contributed by atoms with van der Waals surface area (Å²) in [5.41, 5.74) is 1.44. The molecule has 6 heteroatoms. The van der Waals surface area contributed by atoms with Crippen molar-refractivity contribution < 1.29 is 19.0 Å². The molecule has 0 spiro atoms. The summed E-state index contributed by atoms with van der Waals surface area (Å²) in [6.45, 7) is 0.183. The Morgan fingerprint density at radius 1 is 1.16 bits per heavy atom. The topological polar surface area (TPSA) is 70.6 Å². The normalized spacial score (nSPS) is 14.6. The van der Waals surface area contributed by atoms with Crippen LogP contribution in [0, 0.1) is 5.82 Å². The molecule has 0 saturated heterocycles. The van der Waals surface area contributed by atoms with Gasteiger partial charge in [0.2, 0.25) is 5.91 Å². The third-order valence-corrected chi connectivity index (χ3v) is 3.91. The van der Waals surface area contributed by atoms with Crippen LogP contribution in [0.2, 0.25) is 0 Å². The molecule has 1 aliphatic carbocycles. The van der Waals surface area contributed by atoms with Gasteiger partial charge < -0.3 is 20.5 Å². The van der Waals surface area contributed by atoms with E-state index in [0.717, 1.165) is 18.5 Å². The second-order valence-electron chi connectivity index (χ2n) is 6.01. The fraction of sp³-hybridized carbons (Fsp3) is 0.316. The Bertz CT molecular complexity index is 700. The van der Waals surface area contributed by atoms with Crippen LogP contribution >= 0.6 is 0 Å². The van der Waals surface area contributed by atoms with Gasteiger partial charge >= 0.3 is 0 Å². The van der Waals surface area contributed by atoms with Crippen LogP contribution in [0.15, 0.2) is 48.5 Å². The highest BCUT2D eigenvalue weighted by Gasteiger charge is 2.28. The van der Waals surface area contributed by atoms with Crippen molar-refractivity contribution in [3.63, 3.8) is 0 Å². The number of benzene rings is 2. The largest absolute Gasteiger partial charge is 0.491 e. The standard InChI is InChI=1S/C19H21FN2O3/c20-14-3-1-13(2-4-14)18(19(24)22-16-5-6-16)21-15-7-9-17(10-8-15)25-12-11-23/h1-4,7-10,16,18,21,23H,5-6,11-12H2,(H,22,24). The average Bonchev–Trinajstić information content (AvgIpc) is 3.43. The van der Waals surface area contributed by atoms with Gasteiger partial charge in [-0.25, -0.2) is 4.39 Å². The Kier molecular flexibility index (Phi) is 5.50. The molecule has 1 aliphatic rings. The number of aliphatic hydroxyl groups excluding tert-OH is 1. The van der Waals surface area contributed by atoms with Crippen LogP contribution in [0.5, 0.6) is 5.75 Å². The maximum atomic E-state index is 13.2. The van der Waals surface area contributed by atoms with Gasteiger partial charge in [0.25, 0.3) is 0 Å². The minimum atomic E-state index is -0.606. The third-order valence-electron chi connectivity index (χ3n) is 3.91. The minimum Gasteiger partial charge on any atom is -0.491 e. The fourth-order valence-electron chi connectivity index (χ4n) is 2.45. The molecule has 1 saturated carbocycles. The summed E-state index contributed by atoms with van der Waals surface area (Å²) >= 11 is 0. The molecule has 2 aromatic carbocycles. The molecular formula is C19H21FN2O3. The van der Waals surface area contributed by atoms with E-state index in [9.17, 15) is 9.18 Å². The molecular weight excluding hydrogens is 323 g/mol. The Balaban J connectivity index is 1.74. The zero-order valence-electron chi connectivity index (χ0n) is 13.7.